The van der Waals surface area contributed by atoms with Crippen LogP contribution in [0.15, 0.2) is 48.8 Å². The summed E-state index contributed by atoms with van der Waals surface area (Å²) in [6.45, 7) is 3.62. The highest BCUT2D eigenvalue weighted by molar-refractivity contribution is 6.10. The Labute approximate surface area is 308 Å². The third kappa shape index (κ3) is 9.34. The number of nitriles is 2. The molecule has 4 aromatic rings. The molecule has 1 saturated heterocycles. The number of anilines is 2. The number of fused-ring (bicyclic) bond motifs is 1. The summed E-state index contributed by atoms with van der Waals surface area (Å²) in [4.78, 5) is 22.7. The van der Waals surface area contributed by atoms with Gasteiger partial charge in [-0.1, -0.05) is 20.3 Å². The fourth-order valence-corrected chi connectivity index (χ4v) is 6.34. The summed E-state index contributed by atoms with van der Waals surface area (Å²) in [5.41, 5.74) is 0.779. The van der Waals surface area contributed by atoms with Crippen LogP contribution in [-0.2, 0) is 26.3 Å². The first-order valence-electron chi connectivity index (χ1n) is 17.2. The SMILES string of the molecule is CCC.Cn1cnnc1-c1ccc(C#N)cc1-c1cc(NCCC#N)nc(N2Cc3c(cc(CN4CCN(CC(F)(F)F)CC4)cc3C(F)(F)F)C2=O)c1. The fourth-order valence-electron chi connectivity index (χ4n) is 6.34. The molecule has 2 aliphatic heterocycles. The van der Waals surface area contributed by atoms with Crippen molar-refractivity contribution in [3.05, 3.63) is 76.6 Å². The number of aromatic nitrogens is 4. The summed E-state index contributed by atoms with van der Waals surface area (Å²) in [7, 11) is 1.74. The number of rotatable bonds is 9. The molecule has 11 nitrogen and oxygen atoms in total. The summed E-state index contributed by atoms with van der Waals surface area (Å²) < 4.78 is 83.8. The molecule has 0 unspecified atom stereocenters. The van der Waals surface area contributed by atoms with Crippen molar-refractivity contribution in [2.45, 2.75) is 52.1 Å². The predicted molar refractivity (Wildman–Crippen MR) is 189 cm³/mol. The Bertz CT molecular complexity index is 2060. The molecule has 2 aliphatic rings. The fraction of sp³-hybridized carbons (Fsp3) is 0.405. The molecule has 0 bridgehead atoms. The van der Waals surface area contributed by atoms with Gasteiger partial charge in [-0.3, -0.25) is 19.5 Å². The Morgan fingerprint density at radius 1 is 0.907 bits per heavy atom. The number of amides is 1. The van der Waals surface area contributed by atoms with Gasteiger partial charge in [0, 0.05) is 57.4 Å². The Hall–Kier alpha value is -5.52. The molecule has 0 radical (unpaired) electrons. The maximum atomic E-state index is 14.5. The van der Waals surface area contributed by atoms with E-state index in [1.165, 1.54) is 23.7 Å². The third-order valence-electron chi connectivity index (χ3n) is 8.72. The van der Waals surface area contributed by atoms with Gasteiger partial charge in [0.25, 0.3) is 5.91 Å². The van der Waals surface area contributed by atoms with Crippen LogP contribution >= 0.6 is 0 Å². The maximum absolute atomic E-state index is 14.5. The Balaban J connectivity index is 0.00000181. The number of hydrogen-bond acceptors (Lipinski definition) is 9. The summed E-state index contributed by atoms with van der Waals surface area (Å²) in [5.74, 6) is 0.0453. The third-order valence-corrected chi connectivity index (χ3v) is 8.72. The highest BCUT2D eigenvalue weighted by Crippen LogP contribution is 2.41. The van der Waals surface area contributed by atoms with Gasteiger partial charge in [-0.25, -0.2) is 4.98 Å². The van der Waals surface area contributed by atoms with Crippen molar-refractivity contribution in [1.82, 2.24) is 29.5 Å². The van der Waals surface area contributed by atoms with Crippen molar-refractivity contribution in [3.63, 3.8) is 0 Å². The van der Waals surface area contributed by atoms with E-state index < -0.39 is 36.9 Å². The number of alkyl halides is 6. The van der Waals surface area contributed by atoms with Crippen molar-refractivity contribution in [2.24, 2.45) is 7.05 Å². The highest BCUT2D eigenvalue weighted by atomic mass is 19.4. The van der Waals surface area contributed by atoms with E-state index in [1.54, 1.807) is 46.8 Å². The second kappa shape index (κ2) is 16.7. The Morgan fingerprint density at radius 2 is 1.61 bits per heavy atom. The van der Waals surface area contributed by atoms with Crippen molar-refractivity contribution >= 4 is 17.5 Å². The van der Waals surface area contributed by atoms with Crippen LogP contribution in [0.5, 0.6) is 0 Å². The van der Waals surface area contributed by atoms with Crippen LogP contribution in [0.2, 0.25) is 0 Å². The highest BCUT2D eigenvalue weighted by Gasteiger charge is 2.41. The van der Waals surface area contributed by atoms with Gasteiger partial charge in [-0.2, -0.15) is 36.9 Å². The van der Waals surface area contributed by atoms with Gasteiger partial charge in [-0.05, 0) is 64.7 Å². The van der Waals surface area contributed by atoms with Crippen molar-refractivity contribution in [1.29, 1.82) is 10.5 Å². The maximum Gasteiger partial charge on any atom is 0.416 e. The van der Waals surface area contributed by atoms with Crippen LogP contribution in [0.3, 0.4) is 0 Å². The lowest BCUT2D eigenvalue weighted by Gasteiger charge is -2.35. The minimum Gasteiger partial charge on any atom is -0.369 e. The van der Waals surface area contributed by atoms with Crippen molar-refractivity contribution in [3.8, 4) is 34.7 Å². The van der Waals surface area contributed by atoms with Crippen LogP contribution in [0.4, 0.5) is 38.0 Å². The first kappa shape index (κ1) is 39.7. The van der Waals surface area contributed by atoms with Gasteiger partial charge in [0.1, 0.15) is 18.0 Å². The molecule has 1 amide bonds. The first-order valence-corrected chi connectivity index (χ1v) is 17.2. The molecule has 284 valence electrons. The average molecular weight is 753 g/mol. The molecule has 2 aromatic carbocycles. The molecule has 0 atom stereocenters. The van der Waals surface area contributed by atoms with E-state index in [4.69, 9.17) is 5.26 Å². The van der Waals surface area contributed by atoms with E-state index in [0.717, 1.165) is 11.0 Å². The summed E-state index contributed by atoms with van der Waals surface area (Å²) in [5, 5.41) is 29.9. The number of nitrogens with zero attached hydrogens (tertiary/aromatic N) is 9. The zero-order chi connectivity index (χ0) is 39.2. The molecule has 0 aliphatic carbocycles. The number of piperazine rings is 1. The van der Waals surface area contributed by atoms with Gasteiger partial charge in [0.2, 0.25) is 0 Å². The average Bonchev–Trinajstić information content (AvgIpc) is 3.70. The molecule has 4 heterocycles. The quantitative estimate of drug-likeness (QED) is 0.142. The topological polar surface area (TPSA) is 130 Å². The minimum atomic E-state index is -4.80. The summed E-state index contributed by atoms with van der Waals surface area (Å²) in [6, 6.07) is 14.7. The lowest BCUT2D eigenvalue weighted by molar-refractivity contribution is -0.149. The number of pyridine rings is 1. The number of carbonyl (C=O) groups excluding carboxylic acids is 1. The Morgan fingerprint density at radius 3 is 2.22 bits per heavy atom. The van der Waals surface area contributed by atoms with Gasteiger partial charge in [0.05, 0.1) is 42.8 Å². The molecule has 1 N–H and O–H groups in total. The van der Waals surface area contributed by atoms with E-state index in [-0.39, 0.29) is 74.0 Å². The second-order valence-corrected chi connectivity index (χ2v) is 13.0. The number of carbonyl (C=O) groups is 1. The van der Waals surface area contributed by atoms with Crippen molar-refractivity contribution in [2.75, 3.05) is 49.5 Å². The Kier molecular flexibility index (Phi) is 12.2. The van der Waals surface area contributed by atoms with E-state index in [9.17, 15) is 36.4 Å². The number of halogens is 6. The second-order valence-electron chi connectivity index (χ2n) is 13.0. The lowest BCUT2D eigenvalue weighted by atomic mass is 9.97. The normalized spacial score (nSPS) is 14.9. The molecule has 0 saturated carbocycles. The van der Waals surface area contributed by atoms with E-state index >= 15 is 0 Å². The number of benzene rings is 2. The van der Waals surface area contributed by atoms with E-state index in [1.807, 2.05) is 6.07 Å². The van der Waals surface area contributed by atoms with Gasteiger partial charge >= 0.3 is 12.4 Å². The standard InChI is InChI=1S/C34H30F6N10O.C3H8/c1-47-20-44-46-31(47)24-4-3-21(16-42)11-25(24)23-14-29(43-6-2-5-41)45-30(15-23)50-18-27-26(32(50)51)12-22(13-28(27)34(38,39)40)17-48-7-9-49(10-8-48)19-33(35,36)37;1-3-2/h3-4,11-15,20H,2,6-10,17-19H2,1H3,(H,43,45);3H2,1-2H3. The van der Waals surface area contributed by atoms with Crippen LogP contribution in [0, 0.1) is 22.7 Å². The summed E-state index contributed by atoms with van der Waals surface area (Å²) in [6.07, 6.45) is -6.27. The number of aryl methyl sites for hydroxylation is 1. The van der Waals surface area contributed by atoms with E-state index in [0.29, 0.717) is 28.1 Å². The van der Waals surface area contributed by atoms with Gasteiger partial charge < -0.3 is 9.88 Å². The molecule has 54 heavy (non-hydrogen) atoms. The largest absolute Gasteiger partial charge is 0.416 e. The molecule has 0 spiro atoms. The zero-order valence-electron chi connectivity index (χ0n) is 29.9. The van der Waals surface area contributed by atoms with Crippen molar-refractivity contribution < 1.29 is 31.1 Å². The summed E-state index contributed by atoms with van der Waals surface area (Å²) >= 11 is 0. The van der Waals surface area contributed by atoms with Gasteiger partial charge in [0.15, 0.2) is 5.82 Å². The molecule has 17 heteroatoms. The van der Waals surface area contributed by atoms with Crippen LogP contribution < -0.4 is 10.2 Å². The van der Waals surface area contributed by atoms with E-state index in [2.05, 4.69) is 40.4 Å². The van der Waals surface area contributed by atoms with Crippen LogP contribution in [0.1, 0.15) is 59.3 Å². The first-order chi connectivity index (χ1) is 25.6. The van der Waals surface area contributed by atoms with Gasteiger partial charge in [-0.15, -0.1) is 10.2 Å². The number of nitrogens with one attached hydrogen (secondary N) is 1. The smallest absolute Gasteiger partial charge is 0.369 e. The monoisotopic (exact) mass is 752 g/mol. The van der Waals surface area contributed by atoms with Crippen LogP contribution in [0.25, 0.3) is 22.5 Å². The zero-order valence-corrected chi connectivity index (χ0v) is 29.9. The molecular formula is C37H38F6N10O. The molecule has 6 rings (SSSR count). The minimum absolute atomic E-state index is 0.0181. The molecular weight excluding hydrogens is 714 g/mol. The lowest BCUT2D eigenvalue weighted by Crippen LogP contribution is -2.48. The number of hydrogen-bond donors (Lipinski definition) is 1. The molecule has 1 fully saturated rings. The molecule has 2 aromatic heterocycles. The predicted octanol–water partition coefficient (Wildman–Crippen LogP) is 7.02. The van der Waals surface area contributed by atoms with Crippen LogP contribution in [-0.4, -0.2) is 80.9 Å².